The van der Waals surface area contributed by atoms with E-state index in [1.807, 2.05) is 0 Å². The summed E-state index contributed by atoms with van der Waals surface area (Å²) >= 11 is 0. The van der Waals surface area contributed by atoms with Crippen LogP contribution in [0.4, 0.5) is 0 Å². The lowest BCUT2D eigenvalue weighted by Crippen LogP contribution is -2.22. The number of ether oxygens (including phenoxy) is 2. The highest BCUT2D eigenvalue weighted by atomic mass is 16.6. The highest BCUT2D eigenvalue weighted by Gasteiger charge is 2.18. The summed E-state index contributed by atoms with van der Waals surface area (Å²) in [5.41, 5.74) is -0.169. The molecular formula is C13H14O6. The van der Waals surface area contributed by atoms with Crippen LogP contribution >= 0.6 is 0 Å². The van der Waals surface area contributed by atoms with Gasteiger partial charge in [0.05, 0.1) is 11.1 Å². The van der Waals surface area contributed by atoms with Gasteiger partial charge in [0.1, 0.15) is 12.7 Å². The monoisotopic (exact) mass is 266 g/mol. The highest BCUT2D eigenvalue weighted by Crippen LogP contribution is 2.10. The third-order valence-corrected chi connectivity index (χ3v) is 2.19. The molecule has 1 rings (SSSR count). The first-order valence-corrected chi connectivity index (χ1v) is 5.58. The maximum Gasteiger partial charge on any atom is 0.339 e. The van der Waals surface area contributed by atoms with E-state index in [1.54, 1.807) is 13.0 Å². The Kier molecular flexibility index (Phi) is 5.05. The van der Waals surface area contributed by atoms with Gasteiger partial charge in [-0.15, -0.1) is 0 Å². The molecule has 1 N–H and O–H groups in total. The number of esters is 2. The van der Waals surface area contributed by atoms with Crippen molar-refractivity contribution >= 4 is 17.9 Å². The second-order valence-corrected chi connectivity index (χ2v) is 3.87. The van der Waals surface area contributed by atoms with E-state index in [0.29, 0.717) is 0 Å². The molecule has 6 nitrogen and oxygen atoms in total. The van der Waals surface area contributed by atoms with Gasteiger partial charge in [0.2, 0.25) is 0 Å². The van der Waals surface area contributed by atoms with Crippen LogP contribution in [0.2, 0.25) is 0 Å². The number of benzene rings is 1. The molecule has 1 atom stereocenters. The average Bonchev–Trinajstić information content (AvgIpc) is 2.35. The van der Waals surface area contributed by atoms with Gasteiger partial charge < -0.3 is 14.6 Å². The molecule has 0 aliphatic rings. The Labute approximate surface area is 109 Å². The molecule has 0 aliphatic heterocycles. The minimum atomic E-state index is -1.21. The van der Waals surface area contributed by atoms with Crippen molar-refractivity contribution < 1.29 is 29.0 Å². The summed E-state index contributed by atoms with van der Waals surface area (Å²) in [6.45, 7) is 2.68. The minimum absolute atomic E-state index is 0.0370. The van der Waals surface area contributed by atoms with Crippen LogP contribution in [0.5, 0.6) is 0 Å². The third kappa shape index (κ3) is 4.42. The fourth-order valence-electron chi connectivity index (χ4n) is 1.44. The first-order valence-electron chi connectivity index (χ1n) is 5.58. The van der Waals surface area contributed by atoms with Crippen molar-refractivity contribution in [1.82, 2.24) is 0 Å². The lowest BCUT2D eigenvalue weighted by Gasteiger charge is -2.12. The Morgan fingerprint density at radius 2 is 1.79 bits per heavy atom. The number of carboxylic acid groups (broad SMARTS) is 1. The van der Waals surface area contributed by atoms with Gasteiger partial charge in [-0.1, -0.05) is 12.1 Å². The molecule has 0 saturated heterocycles. The molecule has 0 aliphatic carbocycles. The number of carboxylic acids is 1. The van der Waals surface area contributed by atoms with Gasteiger partial charge in [0.15, 0.2) is 0 Å². The lowest BCUT2D eigenvalue weighted by molar-refractivity contribution is -0.147. The Morgan fingerprint density at radius 3 is 2.32 bits per heavy atom. The first kappa shape index (κ1) is 14.7. The first-order chi connectivity index (χ1) is 8.91. The van der Waals surface area contributed by atoms with Gasteiger partial charge in [0.25, 0.3) is 0 Å². The molecule has 0 spiro atoms. The van der Waals surface area contributed by atoms with E-state index in [4.69, 9.17) is 14.6 Å². The van der Waals surface area contributed by atoms with Crippen LogP contribution in [-0.2, 0) is 14.3 Å². The van der Waals surface area contributed by atoms with Crippen LogP contribution < -0.4 is 0 Å². The molecule has 0 heterocycles. The fraction of sp³-hybridized carbons (Fsp3) is 0.308. The normalized spacial score (nSPS) is 11.5. The van der Waals surface area contributed by atoms with Crippen LogP contribution in [0.1, 0.15) is 34.6 Å². The number of carbonyl (C=O) groups excluding carboxylic acids is 2. The molecule has 0 saturated carbocycles. The second kappa shape index (κ2) is 6.53. The molecule has 0 amide bonds. The van der Waals surface area contributed by atoms with Crippen LogP contribution in [0.15, 0.2) is 24.3 Å². The molecule has 19 heavy (non-hydrogen) atoms. The van der Waals surface area contributed by atoms with Gasteiger partial charge in [-0.3, -0.25) is 4.79 Å². The number of aromatic carboxylic acids is 1. The standard InChI is InChI=1S/C13H14O6/c1-8(19-9(2)14)7-18-13(17)11-6-4-3-5-10(11)12(15)16/h3-6,8H,7H2,1-2H3,(H,15,16). The predicted octanol–water partition coefficient (Wildman–Crippen LogP) is 1.49. The van der Waals surface area contributed by atoms with Crippen LogP contribution in [0.25, 0.3) is 0 Å². The Hall–Kier alpha value is -2.37. The summed E-state index contributed by atoms with van der Waals surface area (Å²) in [5.74, 6) is -2.45. The van der Waals surface area contributed by atoms with Crippen LogP contribution in [0.3, 0.4) is 0 Å². The summed E-state index contributed by atoms with van der Waals surface area (Å²) in [6, 6.07) is 5.73. The smallest absolute Gasteiger partial charge is 0.339 e. The molecule has 0 aromatic heterocycles. The molecule has 6 heteroatoms. The van der Waals surface area contributed by atoms with Gasteiger partial charge in [-0.25, -0.2) is 9.59 Å². The highest BCUT2D eigenvalue weighted by molar-refractivity contribution is 6.02. The third-order valence-electron chi connectivity index (χ3n) is 2.19. The number of rotatable bonds is 5. The van der Waals surface area contributed by atoms with E-state index < -0.39 is 24.0 Å². The summed E-state index contributed by atoms with van der Waals surface area (Å²) in [4.78, 5) is 33.3. The molecular weight excluding hydrogens is 252 g/mol. The SMILES string of the molecule is CC(=O)OC(C)COC(=O)c1ccccc1C(=O)O. The summed E-state index contributed by atoms with van der Waals surface area (Å²) < 4.78 is 9.68. The van der Waals surface area contributed by atoms with Crippen molar-refractivity contribution in [2.75, 3.05) is 6.61 Å². The Morgan fingerprint density at radius 1 is 1.21 bits per heavy atom. The summed E-state index contributed by atoms with van der Waals surface area (Å²) in [6.07, 6.45) is -0.585. The summed E-state index contributed by atoms with van der Waals surface area (Å²) in [7, 11) is 0. The van der Waals surface area contributed by atoms with Gasteiger partial charge in [-0.2, -0.15) is 0 Å². The molecule has 1 unspecified atom stereocenters. The van der Waals surface area contributed by atoms with E-state index in [2.05, 4.69) is 0 Å². The van der Waals surface area contributed by atoms with E-state index in [-0.39, 0.29) is 17.7 Å². The van der Waals surface area contributed by atoms with Crippen molar-refractivity contribution in [3.05, 3.63) is 35.4 Å². The quantitative estimate of drug-likeness (QED) is 0.812. The van der Waals surface area contributed by atoms with Crippen molar-refractivity contribution in [2.45, 2.75) is 20.0 Å². The number of carbonyl (C=O) groups is 3. The molecule has 0 bridgehead atoms. The molecule has 0 radical (unpaired) electrons. The second-order valence-electron chi connectivity index (χ2n) is 3.87. The van der Waals surface area contributed by atoms with Crippen molar-refractivity contribution in [3.8, 4) is 0 Å². The summed E-state index contributed by atoms with van der Waals surface area (Å²) in [5, 5.41) is 8.93. The van der Waals surface area contributed by atoms with Crippen molar-refractivity contribution in [3.63, 3.8) is 0 Å². The number of hydrogen-bond donors (Lipinski definition) is 1. The molecule has 1 aromatic carbocycles. The van der Waals surface area contributed by atoms with Crippen molar-refractivity contribution in [1.29, 1.82) is 0 Å². The lowest BCUT2D eigenvalue weighted by atomic mass is 10.1. The van der Waals surface area contributed by atoms with E-state index in [0.717, 1.165) is 0 Å². The maximum absolute atomic E-state index is 11.7. The predicted molar refractivity (Wildman–Crippen MR) is 64.9 cm³/mol. The van der Waals surface area contributed by atoms with E-state index in [9.17, 15) is 14.4 Å². The zero-order valence-corrected chi connectivity index (χ0v) is 10.6. The van der Waals surface area contributed by atoms with Gasteiger partial charge in [-0.05, 0) is 19.1 Å². The zero-order valence-electron chi connectivity index (χ0n) is 10.6. The fourth-order valence-corrected chi connectivity index (χ4v) is 1.44. The largest absolute Gasteiger partial charge is 0.478 e. The molecule has 0 fully saturated rings. The Balaban J connectivity index is 2.69. The topological polar surface area (TPSA) is 89.9 Å². The van der Waals surface area contributed by atoms with Gasteiger partial charge in [0, 0.05) is 6.92 Å². The number of hydrogen-bond acceptors (Lipinski definition) is 5. The maximum atomic E-state index is 11.7. The van der Waals surface area contributed by atoms with Crippen molar-refractivity contribution in [2.24, 2.45) is 0 Å². The van der Waals surface area contributed by atoms with Crippen LogP contribution in [-0.4, -0.2) is 35.7 Å². The molecule has 1 aromatic rings. The minimum Gasteiger partial charge on any atom is -0.478 e. The van der Waals surface area contributed by atoms with Gasteiger partial charge >= 0.3 is 17.9 Å². The molecule has 102 valence electrons. The average molecular weight is 266 g/mol. The van der Waals surface area contributed by atoms with E-state index >= 15 is 0 Å². The van der Waals surface area contributed by atoms with E-state index in [1.165, 1.54) is 25.1 Å². The Bertz CT molecular complexity index is 494. The van der Waals surface area contributed by atoms with Crippen LogP contribution in [0, 0.1) is 0 Å². The zero-order chi connectivity index (χ0) is 14.4.